The van der Waals surface area contributed by atoms with Gasteiger partial charge in [0.05, 0.1) is 29.9 Å². The molecule has 2 aromatic rings. The second-order valence-corrected chi connectivity index (χ2v) is 5.61. The lowest BCUT2D eigenvalue weighted by Gasteiger charge is -2.20. The van der Waals surface area contributed by atoms with Crippen LogP contribution in [0.25, 0.3) is 11.0 Å². The highest BCUT2D eigenvalue weighted by molar-refractivity contribution is 7.98. The van der Waals surface area contributed by atoms with Crippen molar-refractivity contribution in [2.24, 2.45) is 5.92 Å². The molecular weight excluding hydrogens is 276 g/mol. The van der Waals surface area contributed by atoms with Gasteiger partial charge in [-0.2, -0.15) is 11.8 Å². The summed E-state index contributed by atoms with van der Waals surface area (Å²) >= 11 is 1.67. The molecule has 0 saturated carbocycles. The molecule has 0 aromatic carbocycles. The molecule has 0 aliphatic heterocycles. The van der Waals surface area contributed by atoms with Crippen LogP contribution in [0.15, 0.2) is 18.7 Å². The Hall–Kier alpha value is -1.15. The molecule has 4 N–H and O–H groups in total. The molecule has 20 heavy (non-hydrogen) atoms. The SMILES string of the molecule is CSCC(CNCc1c[nH]c2cncnc12)C(O)CO. The summed E-state index contributed by atoms with van der Waals surface area (Å²) in [4.78, 5) is 11.3. The second kappa shape index (κ2) is 7.58. The first-order valence-corrected chi connectivity index (χ1v) is 7.90. The molecule has 6 nitrogen and oxygen atoms in total. The van der Waals surface area contributed by atoms with E-state index in [9.17, 15) is 5.11 Å². The zero-order valence-corrected chi connectivity index (χ0v) is 12.2. The van der Waals surface area contributed by atoms with Crippen molar-refractivity contribution < 1.29 is 10.2 Å². The Labute approximate surface area is 122 Å². The number of H-pyrrole nitrogens is 1. The first-order valence-electron chi connectivity index (χ1n) is 6.50. The van der Waals surface area contributed by atoms with Crippen molar-refractivity contribution in [1.82, 2.24) is 20.3 Å². The summed E-state index contributed by atoms with van der Waals surface area (Å²) in [6, 6.07) is 0. The molecule has 2 aromatic heterocycles. The number of aromatic amines is 1. The fourth-order valence-electron chi connectivity index (χ4n) is 2.12. The Bertz CT molecular complexity index is 534. The predicted octanol–water partition coefficient (Wildman–Crippen LogP) is 0.380. The summed E-state index contributed by atoms with van der Waals surface area (Å²) < 4.78 is 0. The van der Waals surface area contributed by atoms with E-state index in [2.05, 4.69) is 20.3 Å². The van der Waals surface area contributed by atoms with Crippen LogP contribution in [0.4, 0.5) is 0 Å². The Morgan fingerprint density at radius 1 is 1.50 bits per heavy atom. The third-order valence-corrected chi connectivity index (χ3v) is 4.01. The van der Waals surface area contributed by atoms with Crippen LogP contribution < -0.4 is 5.32 Å². The first-order chi connectivity index (χ1) is 9.76. The maximum atomic E-state index is 9.75. The van der Waals surface area contributed by atoms with Crippen molar-refractivity contribution in [2.45, 2.75) is 12.6 Å². The zero-order valence-electron chi connectivity index (χ0n) is 11.4. The minimum Gasteiger partial charge on any atom is -0.394 e. The van der Waals surface area contributed by atoms with Gasteiger partial charge in [0.2, 0.25) is 0 Å². The summed E-state index contributed by atoms with van der Waals surface area (Å²) in [5, 5.41) is 22.1. The largest absolute Gasteiger partial charge is 0.394 e. The van der Waals surface area contributed by atoms with Gasteiger partial charge in [0.25, 0.3) is 0 Å². The van der Waals surface area contributed by atoms with E-state index >= 15 is 0 Å². The normalized spacial score (nSPS) is 14.6. The summed E-state index contributed by atoms with van der Waals surface area (Å²) in [6.07, 6.45) is 6.51. The third-order valence-electron chi connectivity index (χ3n) is 3.25. The van der Waals surface area contributed by atoms with Crippen molar-refractivity contribution in [3.8, 4) is 0 Å². The van der Waals surface area contributed by atoms with Crippen molar-refractivity contribution in [3.63, 3.8) is 0 Å². The van der Waals surface area contributed by atoms with Crippen LogP contribution in [-0.4, -0.2) is 56.4 Å². The number of aliphatic hydroxyl groups is 2. The summed E-state index contributed by atoms with van der Waals surface area (Å²) in [6.45, 7) is 1.12. The lowest BCUT2D eigenvalue weighted by atomic mass is 10.1. The number of nitrogens with one attached hydrogen (secondary N) is 2. The highest BCUT2D eigenvalue weighted by Gasteiger charge is 2.17. The van der Waals surface area contributed by atoms with Gasteiger partial charge < -0.3 is 20.5 Å². The average Bonchev–Trinajstić information content (AvgIpc) is 2.89. The number of fused-ring (bicyclic) bond motifs is 1. The summed E-state index contributed by atoms with van der Waals surface area (Å²) in [7, 11) is 0. The molecule has 0 aliphatic rings. The minimum atomic E-state index is -0.680. The zero-order chi connectivity index (χ0) is 14.4. The van der Waals surface area contributed by atoms with Crippen LogP contribution >= 0.6 is 11.8 Å². The van der Waals surface area contributed by atoms with Crippen LogP contribution in [0, 0.1) is 5.92 Å². The van der Waals surface area contributed by atoms with E-state index in [4.69, 9.17) is 5.11 Å². The number of nitrogens with zero attached hydrogens (tertiary/aromatic N) is 2. The maximum absolute atomic E-state index is 9.75. The third kappa shape index (κ3) is 3.69. The molecule has 110 valence electrons. The summed E-state index contributed by atoms with van der Waals surface area (Å²) in [5.74, 6) is 0.847. The lowest BCUT2D eigenvalue weighted by molar-refractivity contribution is 0.0549. The van der Waals surface area contributed by atoms with Gasteiger partial charge in [-0.1, -0.05) is 0 Å². The monoisotopic (exact) mass is 296 g/mol. The van der Waals surface area contributed by atoms with E-state index in [0.29, 0.717) is 13.1 Å². The number of hydrogen-bond donors (Lipinski definition) is 4. The van der Waals surface area contributed by atoms with Gasteiger partial charge in [-0.25, -0.2) is 9.97 Å². The van der Waals surface area contributed by atoms with Crippen LogP contribution in [0.1, 0.15) is 5.56 Å². The van der Waals surface area contributed by atoms with Gasteiger partial charge in [0, 0.05) is 30.8 Å². The number of aliphatic hydroxyl groups excluding tert-OH is 2. The van der Waals surface area contributed by atoms with E-state index in [0.717, 1.165) is 22.3 Å². The van der Waals surface area contributed by atoms with E-state index in [1.54, 1.807) is 18.0 Å². The van der Waals surface area contributed by atoms with E-state index < -0.39 is 6.10 Å². The lowest BCUT2D eigenvalue weighted by Crippen LogP contribution is -2.35. The maximum Gasteiger partial charge on any atom is 0.116 e. The van der Waals surface area contributed by atoms with Crippen LogP contribution in [0.3, 0.4) is 0 Å². The fourth-order valence-corrected chi connectivity index (χ4v) is 2.89. The van der Waals surface area contributed by atoms with Crippen molar-refractivity contribution in [1.29, 1.82) is 0 Å². The molecule has 0 saturated heterocycles. The molecule has 2 rings (SSSR count). The standard InChI is InChI=1S/C13H20N4O2S/c1-20-7-10(12(19)6-18)3-14-2-9-4-16-11-5-15-8-17-13(9)11/h4-5,8,10,12,14,16,18-19H,2-3,6-7H2,1H3. The van der Waals surface area contributed by atoms with Gasteiger partial charge in [-0.15, -0.1) is 0 Å². The highest BCUT2D eigenvalue weighted by Crippen LogP contribution is 2.14. The topological polar surface area (TPSA) is 94.1 Å². The predicted molar refractivity (Wildman–Crippen MR) is 80.6 cm³/mol. The molecular formula is C13H20N4O2S. The fraction of sp³-hybridized carbons (Fsp3) is 0.538. The van der Waals surface area contributed by atoms with Crippen molar-refractivity contribution in [3.05, 3.63) is 24.3 Å². The molecule has 0 radical (unpaired) electrons. The minimum absolute atomic E-state index is 0.0369. The molecule has 0 fully saturated rings. The Kier molecular flexibility index (Phi) is 5.78. The first kappa shape index (κ1) is 15.2. The molecule has 0 bridgehead atoms. The van der Waals surface area contributed by atoms with E-state index in [1.165, 1.54) is 6.33 Å². The van der Waals surface area contributed by atoms with Gasteiger partial charge in [0.15, 0.2) is 0 Å². The van der Waals surface area contributed by atoms with E-state index in [-0.39, 0.29) is 12.5 Å². The molecule has 7 heteroatoms. The number of rotatable bonds is 8. The van der Waals surface area contributed by atoms with Crippen molar-refractivity contribution >= 4 is 22.8 Å². The van der Waals surface area contributed by atoms with Crippen LogP contribution in [0.5, 0.6) is 0 Å². The van der Waals surface area contributed by atoms with Gasteiger partial charge in [-0.3, -0.25) is 0 Å². The Balaban J connectivity index is 1.91. The van der Waals surface area contributed by atoms with Gasteiger partial charge >= 0.3 is 0 Å². The highest BCUT2D eigenvalue weighted by atomic mass is 32.2. The van der Waals surface area contributed by atoms with Crippen molar-refractivity contribution in [2.75, 3.05) is 25.2 Å². The smallest absolute Gasteiger partial charge is 0.116 e. The molecule has 0 aliphatic carbocycles. The Morgan fingerprint density at radius 3 is 3.10 bits per heavy atom. The van der Waals surface area contributed by atoms with Gasteiger partial charge in [-0.05, 0) is 12.0 Å². The van der Waals surface area contributed by atoms with E-state index in [1.807, 2.05) is 12.5 Å². The number of thioether (sulfide) groups is 1. The summed E-state index contributed by atoms with van der Waals surface area (Å²) in [5.41, 5.74) is 2.90. The van der Waals surface area contributed by atoms with Crippen LogP contribution in [0.2, 0.25) is 0 Å². The molecule has 0 amide bonds. The number of hydrogen-bond acceptors (Lipinski definition) is 6. The number of aromatic nitrogens is 3. The molecule has 0 spiro atoms. The van der Waals surface area contributed by atoms with Crippen LogP contribution in [-0.2, 0) is 6.54 Å². The molecule has 2 atom stereocenters. The Morgan fingerprint density at radius 2 is 2.35 bits per heavy atom. The second-order valence-electron chi connectivity index (χ2n) is 4.70. The molecule has 2 heterocycles. The molecule has 2 unspecified atom stereocenters. The average molecular weight is 296 g/mol. The van der Waals surface area contributed by atoms with Gasteiger partial charge in [0.1, 0.15) is 6.33 Å². The quantitative estimate of drug-likeness (QED) is 0.563.